The van der Waals surface area contributed by atoms with Crippen LogP contribution in [0.15, 0.2) is 53.0 Å². The van der Waals surface area contributed by atoms with Gasteiger partial charge in [0, 0.05) is 17.4 Å². The maximum atomic E-state index is 11.8. The van der Waals surface area contributed by atoms with E-state index >= 15 is 0 Å². The molecule has 1 heterocycles. The fraction of sp³-hybridized carbons (Fsp3) is 0.263. The number of nitrogens with zero attached hydrogens (tertiary/aromatic N) is 2. The van der Waals surface area contributed by atoms with Crippen molar-refractivity contribution in [1.82, 2.24) is 14.9 Å². The number of hydrogen-bond acceptors (Lipinski definition) is 2. The molecule has 0 saturated heterocycles. The van der Waals surface area contributed by atoms with Gasteiger partial charge in [-0.05, 0) is 36.2 Å². The van der Waals surface area contributed by atoms with Crippen molar-refractivity contribution in [2.75, 3.05) is 0 Å². The molecule has 124 valence electrons. The number of hydrogen-bond donors (Lipinski definition) is 1. The molecule has 0 bridgehead atoms. The smallest absolute Gasteiger partial charge is 0.220 e. The van der Waals surface area contributed by atoms with E-state index in [-0.39, 0.29) is 5.91 Å². The van der Waals surface area contributed by atoms with Crippen molar-refractivity contribution >= 4 is 32.9 Å². The highest BCUT2D eigenvalue weighted by atomic mass is 79.9. The lowest BCUT2D eigenvalue weighted by Gasteiger charge is -2.11. The number of rotatable bonds is 6. The summed E-state index contributed by atoms with van der Waals surface area (Å²) < 4.78 is 3.23. The zero-order chi connectivity index (χ0) is 16.9. The van der Waals surface area contributed by atoms with Gasteiger partial charge < -0.3 is 9.88 Å². The Kier molecular flexibility index (Phi) is 5.30. The zero-order valence-corrected chi connectivity index (χ0v) is 15.2. The molecule has 0 fully saturated rings. The van der Waals surface area contributed by atoms with E-state index in [1.54, 1.807) is 0 Å². The predicted molar refractivity (Wildman–Crippen MR) is 99.7 cm³/mol. The van der Waals surface area contributed by atoms with Crippen LogP contribution < -0.4 is 5.32 Å². The molecule has 0 radical (unpaired) electrons. The second kappa shape index (κ2) is 7.62. The lowest BCUT2D eigenvalue weighted by Crippen LogP contribution is -2.24. The lowest BCUT2D eigenvalue weighted by atomic mass is 10.2. The SMILES string of the molecule is CCCC(=O)NCc1nc2ccccc2n1Cc1cccc(Br)c1. The quantitative estimate of drug-likeness (QED) is 0.688. The van der Waals surface area contributed by atoms with Crippen LogP contribution in [0.2, 0.25) is 0 Å². The van der Waals surface area contributed by atoms with Gasteiger partial charge in [0.1, 0.15) is 5.82 Å². The van der Waals surface area contributed by atoms with Gasteiger partial charge in [-0.25, -0.2) is 4.98 Å². The van der Waals surface area contributed by atoms with E-state index in [1.807, 2.05) is 37.3 Å². The Labute approximate surface area is 150 Å². The van der Waals surface area contributed by atoms with Crippen molar-refractivity contribution in [2.45, 2.75) is 32.9 Å². The third-order valence-corrected chi connectivity index (χ3v) is 4.38. The van der Waals surface area contributed by atoms with E-state index in [2.05, 4.69) is 44.0 Å². The van der Waals surface area contributed by atoms with E-state index in [4.69, 9.17) is 4.98 Å². The van der Waals surface area contributed by atoms with Gasteiger partial charge in [-0.15, -0.1) is 0 Å². The molecule has 4 nitrogen and oxygen atoms in total. The molecular formula is C19H20BrN3O. The Bertz CT molecular complexity index is 857. The second-order valence-electron chi connectivity index (χ2n) is 5.76. The van der Waals surface area contributed by atoms with Gasteiger partial charge in [0.15, 0.2) is 0 Å². The zero-order valence-electron chi connectivity index (χ0n) is 13.6. The number of carbonyl (C=O) groups excluding carboxylic acids is 1. The maximum absolute atomic E-state index is 11.8. The minimum absolute atomic E-state index is 0.0681. The maximum Gasteiger partial charge on any atom is 0.220 e. The van der Waals surface area contributed by atoms with Crippen LogP contribution in [0.3, 0.4) is 0 Å². The number of fused-ring (bicyclic) bond motifs is 1. The van der Waals surface area contributed by atoms with Crippen LogP contribution in [-0.2, 0) is 17.9 Å². The summed E-state index contributed by atoms with van der Waals surface area (Å²) in [6, 6.07) is 16.3. The summed E-state index contributed by atoms with van der Waals surface area (Å²) in [5.41, 5.74) is 3.22. The third-order valence-electron chi connectivity index (χ3n) is 3.88. The first kappa shape index (κ1) is 16.7. The number of imidazole rings is 1. The highest BCUT2D eigenvalue weighted by Gasteiger charge is 2.12. The van der Waals surface area contributed by atoms with Crippen LogP contribution in [0, 0.1) is 0 Å². The number of amides is 1. The van der Waals surface area contributed by atoms with Gasteiger partial charge in [-0.1, -0.05) is 47.1 Å². The van der Waals surface area contributed by atoms with Crippen LogP contribution in [0.5, 0.6) is 0 Å². The van der Waals surface area contributed by atoms with Gasteiger partial charge in [0.2, 0.25) is 5.91 Å². The monoisotopic (exact) mass is 385 g/mol. The van der Waals surface area contributed by atoms with Crippen molar-refractivity contribution in [2.24, 2.45) is 0 Å². The average molecular weight is 386 g/mol. The minimum atomic E-state index is 0.0681. The fourth-order valence-corrected chi connectivity index (χ4v) is 3.19. The van der Waals surface area contributed by atoms with E-state index in [0.29, 0.717) is 13.0 Å². The van der Waals surface area contributed by atoms with E-state index in [9.17, 15) is 4.79 Å². The van der Waals surface area contributed by atoms with Crippen molar-refractivity contribution in [1.29, 1.82) is 0 Å². The molecule has 5 heteroatoms. The molecule has 3 rings (SSSR count). The Morgan fingerprint density at radius 1 is 1.21 bits per heavy atom. The standard InChI is InChI=1S/C19H20BrN3O/c1-2-6-19(24)21-12-18-22-16-9-3-4-10-17(16)23(18)13-14-7-5-8-15(20)11-14/h3-5,7-11H,2,6,12-13H2,1H3,(H,21,24). The molecule has 0 aliphatic heterocycles. The molecule has 1 aromatic heterocycles. The van der Waals surface area contributed by atoms with Gasteiger partial charge in [0.05, 0.1) is 17.6 Å². The van der Waals surface area contributed by atoms with Gasteiger partial charge in [-0.2, -0.15) is 0 Å². The van der Waals surface area contributed by atoms with Crippen LogP contribution in [-0.4, -0.2) is 15.5 Å². The van der Waals surface area contributed by atoms with E-state index in [0.717, 1.165) is 34.3 Å². The summed E-state index contributed by atoms with van der Waals surface area (Å²) >= 11 is 3.52. The second-order valence-corrected chi connectivity index (χ2v) is 6.68. The molecule has 0 aliphatic rings. The molecule has 1 amide bonds. The Morgan fingerprint density at radius 2 is 2.04 bits per heavy atom. The van der Waals surface area contributed by atoms with Crippen molar-refractivity contribution in [3.63, 3.8) is 0 Å². The van der Waals surface area contributed by atoms with Crippen molar-refractivity contribution in [3.8, 4) is 0 Å². The Balaban J connectivity index is 1.91. The molecule has 0 spiro atoms. The molecule has 1 N–H and O–H groups in total. The van der Waals surface area contributed by atoms with Crippen LogP contribution in [0.4, 0.5) is 0 Å². The minimum Gasteiger partial charge on any atom is -0.349 e. The van der Waals surface area contributed by atoms with Crippen molar-refractivity contribution in [3.05, 3.63) is 64.4 Å². The first-order chi connectivity index (χ1) is 11.7. The van der Waals surface area contributed by atoms with Crippen LogP contribution >= 0.6 is 15.9 Å². The molecule has 0 saturated carbocycles. The van der Waals surface area contributed by atoms with Gasteiger partial charge >= 0.3 is 0 Å². The highest BCUT2D eigenvalue weighted by Crippen LogP contribution is 2.19. The number of carbonyl (C=O) groups is 1. The summed E-state index contributed by atoms with van der Waals surface area (Å²) in [7, 11) is 0. The number of nitrogens with one attached hydrogen (secondary N) is 1. The van der Waals surface area contributed by atoms with Crippen molar-refractivity contribution < 1.29 is 4.79 Å². The van der Waals surface area contributed by atoms with E-state index < -0.39 is 0 Å². The fourth-order valence-electron chi connectivity index (χ4n) is 2.75. The summed E-state index contributed by atoms with van der Waals surface area (Å²) in [6.07, 6.45) is 1.39. The summed E-state index contributed by atoms with van der Waals surface area (Å²) in [5, 5.41) is 2.97. The number of halogens is 1. The van der Waals surface area contributed by atoms with Crippen LogP contribution in [0.1, 0.15) is 31.2 Å². The number of benzene rings is 2. The molecular weight excluding hydrogens is 366 g/mol. The summed E-state index contributed by atoms with van der Waals surface area (Å²) in [5.74, 6) is 0.944. The average Bonchev–Trinajstić information content (AvgIpc) is 2.91. The van der Waals surface area contributed by atoms with E-state index in [1.165, 1.54) is 5.56 Å². The third kappa shape index (κ3) is 3.85. The van der Waals surface area contributed by atoms with Gasteiger partial charge in [-0.3, -0.25) is 4.79 Å². The largest absolute Gasteiger partial charge is 0.349 e. The van der Waals surface area contributed by atoms with Gasteiger partial charge in [0.25, 0.3) is 0 Å². The summed E-state index contributed by atoms with van der Waals surface area (Å²) in [6.45, 7) is 3.17. The molecule has 3 aromatic rings. The molecule has 24 heavy (non-hydrogen) atoms. The number of para-hydroxylation sites is 2. The normalized spacial score (nSPS) is 10.9. The Morgan fingerprint density at radius 3 is 2.83 bits per heavy atom. The number of aromatic nitrogens is 2. The Hall–Kier alpha value is -2.14. The highest BCUT2D eigenvalue weighted by molar-refractivity contribution is 9.10. The topological polar surface area (TPSA) is 46.9 Å². The van der Waals surface area contributed by atoms with Crippen LogP contribution in [0.25, 0.3) is 11.0 Å². The summed E-state index contributed by atoms with van der Waals surface area (Å²) in [4.78, 5) is 16.5. The molecule has 0 atom stereocenters. The first-order valence-corrected chi connectivity index (χ1v) is 8.92. The lowest BCUT2D eigenvalue weighted by molar-refractivity contribution is -0.121. The molecule has 0 aliphatic carbocycles. The first-order valence-electron chi connectivity index (χ1n) is 8.12. The molecule has 0 unspecified atom stereocenters. The molecule has 2 aromatic carbocycles. The predicted octanol–water partition coefficient (Wildman–Crippen LogP) is 4.26.